The third-order valence-electron chi connectivity index (χ3n) is 9.21. The Hall–Kier alpha value is -2.58. The number of hydrogen-bond acceptors (Lipinski definition) is 5. The van der Waals surface area contributed by atoms with Crippen LogP contribution in [0.25, 0.3) is 0 Å². The summed E-state index contributed by atoms with van der Waals surface area (Å²) in [5.74, 6) is -1.44. The number of aliphatic hydroxyl groups excluding tert-OH is 1. The first kappa shape index (κ1) is 30.4. The Labute approximate surface area is 243 Å². The number of fused-ring (bicyclic) bond motifs is 1. The number of hydrogen-bond donors (Lipinski definition) is 1. The molecule has 3 aliphatic heterocycles. The van der Waals surface area contributed by atoms with Crippen LogP contribution in [0.3, 0.4) is 0 Å². The van der Waals surface area contributed by atoms with E-state index in [1.807, 2.05) is 58.0 Å². The molecule has 7 nitrogen and oxygen atoms in total. The van der Waals surface area contributed by atoms with Crippen molar-refractivity contribution in [3.05, 3.63) is 61.2 Å². The van der Waals surface area contributed by atoms with Crippen molar-refractivity contribution in [1.29, 1.82) is 0 Å². The number of benzene rings is 1. The third-order valence-corrected chi connectivity index (χ3v) is 11.2. The van der Waals surface area contributed by atoms with Crippen LogP contribution < -0.4 is 0 Å². The molecule has 2 bridgehead atoms. The zero-order valence-corrected chi connectivity index (χ0v) is 25.2. The molecule has 8 heteroatoms. The maximum atomic E-state index is 14.5. The molecule has 218 valence electrons. The second-order valence-electron chi connectivity index (χ2n) is 11.8. The molecule has 0 radical (unpaired) electrons. The van der Waals surface area contributed by atoms with E-state index in [-0.39, 0.29) is 41.5 Å². The van der Waals surface area contributed by atoms with Gasteiger partial charge in [0, 0.05) is 30.9 Å². The summed E-state index contributed by atoms with van der Waals surface area (Å²) in [4.78, 5) is 48.5. The van der Waals surface area contributed by atoms with Gasteiger partial charge in [-0.25, -0.2) is 0 Å². The predicted molar refractivity (Wildman–Crippen MR) is 160 cm³/mol. The maximum absolute atomic E-state index is 14.5. The van der Waals surface area contributed by atoms with Crippen molar-refractivity contribution in [2.24, 2.45) is 17.8 Å². The first-order valence-electron chi connectivity index (χ1n) is 14.6. The summed E-state index contributed by atoms with van der Waals surface area (Å²) < 4.78 is -0.694. The topological polar surface area (TPSA) is 81.2 Å². The molecule has 4 rings (SSSR count). The van der Waals surface area contributed by atoms with Crippen molar-refractivity contribution in [3.8, 4) is 0 Å². The molecular formula is C32H45N3O4S. The van der Waals surface area contributed by atoms with E-state index in [1.165, 1.54) is 0 Å². The number of nitrogens with zero attached hydrogens (tertiary/aromatic N) is 3. The van der Waals surface area contributed by atoms with Gasteiger partial charge in [-0.05, 0) is 38.2 Å². The van der Waals surface area contributed by atoms with Crippen molar-refractivity contribution in [3.63, 3.8) is 0 Å². The smallest absolute Gasteiger partial charge is 0.247 e. The van der Waals surface area contributed by atoms with Crippen LogP contribution in [-0.2, 0) is 20.9 Å². The number of carbonyl (C=O) groups is 3. The average Bonchev–Trinajstić information content (AvgIpc) is 3.59. The maximum Gasteiger partial charge on any atom is 0.247 e. The Bertz CT molecular complexity index is 1110. The van der Waals surface area contributed by atoms with Crippen molar-refractivity contribution >= 4 is 29.5 Å². The van der Waals surface area contributed by atoms with Gasteiger partial charge in [-0.1, -0.05) is 62.8 Å². The highest BCUT2D eigenvalue weighted by molar-refractivity contribution is 8.02. The van der Waals surface area contributed by atoms with Gasteiger partial charge in [-0.15, -0.1) is 24.9 Å². The molecule has 7 atom stereocenters. The van der Waals surface area contributed by atoms with Crippen LogP contribution in [0.4, 0.5) is 0 Å². The molecular weight excluding hydrogens is 522 g/mol. The summed E-state index contributed by atoms with van der Waals surface area (Å²) in [6.07, 6.45) is 5.69. The lowest BCUT2D eigenvalue weighted by molar-refractivity contribution is -0.148. The van der Waals surface area contributed by atoms with Gasteiger partial charge in [0.05, 0.1) is 29.2 Å². The molecule has 1 aromatic carbocycles. The van der Waals surface area contributed by atoms with Crippen LogP contribution in [0, 0.1) is 17.8 Å². The van der Waals surface area contributed by atoms with Crippen molar-refractivity contribution in [1.82, 2.24) is 14.7 Å². The van der Waals surface area contributed by atoms with Gasteiger partial charge in [0.25, 0.3) is 0 Å². The summed E-state index contributed by atoms with van der Waals surface area (Å²) >= 11 is 1.68. The second-order valence-corrected chi connectivity index (χ2v) is 13.4. The molecule has 40 heavy (non-hydrogen) atoms. The van der Waals surface area contributed by atoms with Crippen LogP contribution in [0.1, 0.15) is 52.5 Å². The van der Waals surface area contributed by atoms with Crippen molar-refractivity contribution < 1.29 is 19.5 Å². The number of rotatable bonds is 13. The Morgan fingerprint density at radius 1 is 1.15 bits per heavy atom. The van der Waals surface area contributed by atoms with Crippen LogP contribution in [0.5, 0.6) is 0 Å². The van der Waals surface area contributed by atoms with E-state index in [2.05, 4.69) is 13.2 Å². The van der Waals surface area contributed by atoms with E-state index in [1.54, 1.807) is 38.6 Å². The fraction of sp³-hybridized carbons (Fsp3) is 0.594. The van der Waals surface area contributed by atoms with E-state index >= 15 is 0 Å². The molecule has 0 aliphatic carbocycles. The molecule has 3 aliphatic rings. The molecule has 0 saturated carbocycles. The fourth-order valence-corrected chi connectivity index (χ4v) is 9.27. The molecule has 1 spiro atoms. The molecule has 2 unspecified atom stereocenters. The summed E-state index contributed by atoms with van der Waals surface area (Å²) in [5.41, 5.74) is 1.02. The molecule has 1 aromatic rings. The lowest BCUT2D eigenvalue weighted by atomic mass is 9.70. The highest BCUT2D eigenvalue weighted by Crippen LogP contribution is 2.67. The lowest BCUT2D eigenvalue weighted by Crippen LogP contribution is -2.59. The monoisotopic (exact) mass is 567 g/mol. The average molecular weight is 568 g/mol. The van der Waals surface area contributed by atoms with Gasteiger partial charge in [0.1, 0.15) is 6.04 Å². The first-order chi connectivity index (χ1) is 19.2. The van der Waals surface area contributed by atoms with Crippen molar-refractivity contribution in [2.75, 3.05) is 19.7 Å². The molecule has 3 amide bonds. The summed E-state index contributed by atoms with van der Waals surface area (Å²) in [6.45, 7) is 16.7. The fourth-order valence-electron chi connectivity index (χ4n) is 7.08. The lowest BCUT2D eigenvalue weighted by Gasteiger charge is -2.42. The molecule has 3 heterocycles. The molecule has 0 aromatic heterocycles. The Balaban J connectivity index is 1.77. The highest BCUT2D eigenvalue weighted by atomic mass is 32.2. The standard InChI is InChI=1S/C32H45N3O4S/c1-7-17-33(19-23-13-11-10-12-14-23)29(37)26-25-15-16-32(40-25)27(26)30(38)35(24(20-36)22(6)9-3)28(32)31(39)34(18-8-2)21(4)5/h7-8,10-14,21-22,24-28,36H,1-2,9,15-20H2,3-6H3/t22-,24-,25+,26-,27-,28?,32?/m0/s1. The minimum absolute atomic E-state index is 0.00178. The van der Waals surface area contributed by atoms with Crippen molar-refractivity contribution in [2.45, 2.75) is 81.6 Å². The SMILES string of the molecule is C=CCN(Cc1ccccc1)C(=O)[C@@H]1[C@H]2C(=O)N([C@@H](CO)[C@@H](C)CC)C(C(=O)N(CC=C)C(C)C)C23CC[C@H]1S3. The number of likely N-dealkylation sites (tertiary alicyclic amines) is 1. The number of aliphatic hydroxyl groups is 1. The minimum Gasteiger partial charge on any atom is -0.394 e. The van der Waals surface area contributed by atoms with Gasteiger partial charge in [-0.2, -0.15) is 0 Å². The summed E-state index contributed by atoms with van der Waals surface area (Å²) in [6, 6.07) is 8.55. The zero-order valence-electron chi connectivity index (χ0n) is 24.4. The Morgan fingerprint density at radius 3 is 2.40 bits per heavy atom. The van der Waals surface area contributed by atoms with E-state index < -0.39 is 28.7 Å². The van der Waals surface area contributed by atoms with Gasteiger partial charge in [0.2, 0.25) is 17.7 Å². The number of amides is 3. The normalized spacial score (nSPS) is 28.4. The molecule has 1 N–H and O–H groups in total. The minimum atomic E-state index is -0.728. The Morgan fingerprint density at radius 2 is 1.82 bits per heavy atom. The van der Waals surface area contributed by atoms with Gasteiger partial charge in [0.15, 0.2) is 0 Å². The van der Waals surface area contributed by atoms with Crippen LogP contribution in [0.15, 0.2) is 55.6 Å². The summed E-state index contributed by atoms with van der Waals surface area (Å²) in [5, 5.41) is 10.5. The first-order valence-corrected chi connectivity index (χ1v) is 15.5. The largest absolute Gasteiger partial charge is 0.394 e. The van der Waals surface area contributed by atoms with Crippen LogP contribution in [0.2, 0.25) is 0 Å². The predicted octanol–water partition coefficient (Wildman–Crippen LogP) is 4.12. The third kappa shape index (κ3) is 5.13. The van der Waals surface area contributed by atoms with Crippen LogP contribution in [-0.4, -0.2) is 85.3 Å². The molecule has 3 fully saturated rings. The molecule has 3 saturated heterocycles. The Kier molecular flexibility index (Phi) is 9.51. The zero-order chi connectivity index (χ0) is 29.2. The van der Waals surface area contributed by atoms with Gasteiger partial charge in [-0.3, -0.25) is 14.4 Å². The number of carbonyl (C=O) groups excluding carboxylic acids is 3. The number of thioether (sulfide) groups is 1. The van der Waals surface area contributed by atoms with E-state index in [9.17, 15) is 19.5 Å². The second kappa shape index (κ2) is 12.5. The van der Waals surface area contributed by atoms with E-state index in [0.717, 1.165) is 18.4 Å². The summed E-state index contributed by atoms with van der Waals surface area (Å²) in [7, 11) is 0. The quantitative estimate of drug-likeness (QED) is 0.363. The van der Waals surface area contributed by atoms with E-state index in [0.29, 0.717) is 26.1 Å². The highest BCUT2D eigenvalue weighted by Gasteiger charge is 2.74. The van der Waals surface area contributed by atoms with E-state index in [4.69, 9.17) is 0 Å². The van der Waals surface area contributed by atoms with Gasteiger partial charge >= 0.3 is 0 Å². The van der Waals surface area contributed by atoms with Gasteiger partial charge < -0.3 is 19.8 Å². The van der Waals surface area contributed by atoms with Crippen LogP contribution >= 0.6 is 11.8 Å².